The number of pyridine rings is 1. The fourth-order valence-electron chi connectivity index (χ4n) is 2.99. The third-order valence-corrected chi connectivity index (χ3v) is 4.08. The van der Waals surface area contributed by atoms with E-state index < -0.39 is 0 Å². The zero-order valence-electron chi connectivity index (χ0n) is 12.2. The van der Waals surface area contributed by atoms with E-state index in [2.05, 4.69) is 32.0 Å². The van der Waals surface area contributed by atoms with Gasteiger partial charge in [0.2, 0.25) is 5.95 Å². The van der Waals surface area contributed by atoms with Crippen molar-refractivity contribution in [1.29, 1.82) is 0 Å². The molecule has 0 saturated heterocycles. The summed E-state index contributed by atoms with van der Waals surface area (Å²) in [5.41, 5.74) is 10.2. The van der Waals surface area contributed by atoms with Crippen LogP contribution >= 0.6 is 0 Å². The van der Waals surface area contributed by atoms with Crippen LogP contribution in [0.25, 0.3) is 10.9 Å². The number of nitrogen functional groups attached to an aromatic ring is 1. The highest BCUT2D eigenvalue weighted by atomic mass is 15.1. The Morgan fingerprint density at radius 1 is 1.14 bits per heavy atom. The Bertz CT molecular complexity index is 830. The van der Waals surface area contributed by atoms with E-state index in [4.69, 9.17) is 5.73 Å². The van der Waals surface area contributed by atoms with Gasteiger partial charge in [-0.2, -0.15) is 0 Å². The van der Waals surface area contributed by atoms with Crippen molar-refractivity contribution in [3.63, 3.8) is 0 Å². The molecule has 0 radical (unpaired) electrons. The summed E-state index contributed by atoms with van der Waals surface area (Å²) in [5.74, 6) is 0.367. The van der Waals surface area contributed by atoms with E-state index in [9.17, 15) is 0 Å². The van der Waals surface area contributed by atoms with Gasteiger partial charge in [0.15, 0.2) is 0 Å². The first kappa shape index (κ1) is 13.2. The van der Waals surface area contributed by atoms with Crippen LogP contribution in [0.4, 0.5) is 5.95 Å². The van der Waals surface area contributed by atoms with Crippen LogP contribution in [-0.2, 0) is 19.5 Å². The molecule has 0 saturated carbocycles. The second-order valence-electron chi connectivity index (χ2n) is 5.70. The number of hydrogen-bond acceptors (Lipinski definition) is 5. The van der Waals surface area contributed by atoms with Crippen molar-refractivity contribution in [3.05, 3.63) is 59.5 Å². The van der Waals surface area contributed by atoms with Gasteiger partial charge in [0.1, 0.15) is 0 Å². The highest BCUT2D eigenvalue weighted by Crippen LogP contribution is 2.20. The molecule has 2 N–H and O–H groups in total. The average Bonchev–Trinajstić information content (AvgIpc) is 2.55. The SMILES string of the molecule is Nc1ncc2c(n1)CCN(Cc1cnc3ccccc3c1)C2. The quantitative estimate of drug-likeness (QED) is 0.783. The third-order valence-electron chi connectivity index (χ3n) is 4.08. The molecule has 1 aromatic carbocycles. The van der Waals surface area contributed by atoms with Crippen LogP contribution in [0.3, 0.4) is 0 Å². The molecule has 0 amide bonds. The molecule has 110 valence electrons. The summed E-state index contributed by atoms with van der Waals surface area (Å²) in [7, 11) is 0. The van der Waals surface area contributed by atoms with E-state index in [1.165, 1.54) is 16.5 Å². The number of fused-ring (bicyclic) bond motifs is 2. The summed E-state index contributed by atoms with van der Waals surface area (Å²) < 4.78 is 0. The number of nitrogens with two attached hydrogens (primary N) is 1. The Morgan fingerprint density at radius 3 is 3.00 bits per heavy atom. The molecule has 3 aromatic rings. The first-order valence-corrected chi connectivity index (χ1v) is 7.44. The molecule has 0 spiro atoms. The van der Waals surface area contributed by atoms with E-state index in [1.54, 1.807) is 0 Å². The van der Waals surface area contributed by atoms with E-state index in [1.807, 2.05) is 30.6 Å². The fourth-order valence-corrected chi connectivity index (χ4v) is 2.99. The molecule has 1 aliphatic rings. The minimum atomic E-state index is 0.367. The van der Waals surface area contributed by atoms with Crippen molar-refractivity contribution in [1.82, 2.24) is 19.9 Å². The lowest BCUT2D eigenvalue weighted by Gasteiger charge is -2.27. The predicted octanol–water partition coefficient (Wildman–Crippen LogP) is 2.17. The predicted molar refractivity (Wildman–Crippen MR) is 86.0 cm³/mol. The highest BCUT2D eigenvalue weighted by molar-refractivity contribution is 5.78. The lowest BCUT2D eigenvalue weighted by molar-refractivity contribution is 0.243. The summed E-state index contributed by atoms with van der Waals surface area (Å²) in [6.45, 7) is 2.74. The maximum Gasteiger partial charge on any atom is 0.220 e. The third kappa shape index (κ3) is 2.51. The number of anilines is 1. The maximum atomic E-state index is 5.65. The van der Waals surface area contributed by atoms with Crippen LogP contribution in [0, 0.1) is 0 Å². The van der Waals surface area contributed by atoms with E-state index >= 15 is 0 Å². The number of hydrogen-bond donors (Lipinski definition) is 1. The Hall–Kier alpha value is -2.53. The molecule has 2 aromatic heterocycles. The van der Waals surface area contributed by atoms with Crippen molar-refractivity contribution in [3.8, 4) is 0 Å². The van der Waals surface area contributed by atoms with Crippen LogP contribution in [0.5, 0.6) is 0 Å². The average molecular weight is 291 g/mol. The largest absolute Gasteiger partial charge is 0.368 e. The van der Waals surface area contributed by atoms with Gasteiger partial charge in [-0.3, -0.25) is 9.88 Å². The van der Waals surface area contributed by atoms with Gasteiger partial charge in [-0.25, -0.2) is 9.97 Å². The summed E-state index contributed by atoms with van der Waals surface area (Å²) in [6.07, 6.45) is 4.74. The van der Waals surface area contributed by atoms with Gasteiger partial charge in [0, 0.05) is 49.4 Å². The second-order valence-corrected chi connectivity index (χ2v) is 5.70. The van der Waals surface area contributed by atoms with E-state index in [-0.39, 0.29) is 0 Å². The molecule has 1 aliphatic heterocycles. The van der Waals surface area contributed by atoms with Gasteiger partial charge < -0.3 is 5.73 Å². The molecule has 0 fully saturated rings. The molecule has 3 heterocycles. The molecular formula is C17H17N5. The Balaban J connectivity index is 1.54. The molecule has 4 rings (SSSR count). The minimum absolute atomic E-state index is 0.367. The first-order chi connectivity index (χ1) is 10.8. The van der Waals surface area contributed by atoms with Crippen LogP contribution in [0.1, 0.15) is 16.8 Å². The summed E-state index contributed by atoms with van der Waals surface area (Å²) in [4.78, 5) is 15.4. The van der Waals surface area contributed by atoms with Crippen molar-refractivity contribution in [2.45, 2.75) is 19.5 Å². The number of nitrogens with zero attached hydrogens (tertiary/aromatic N) is 4. The minimum Gasteiger partial charge on any atom is -0.368 e. The smallest absolute Gasteiger partial charge is 0.220 e. The van der Waals surface area contributed by atoms with Crippen LogP contribution in [0.2, 0.25) is 0 Å². The lowest BCUT2D eigenvalue weighted by atomic mass is 10.1. The zero-order chi connectivity index (χ0) is 14.9. The fraction of sp³-hybridized carbons (Fsp3) is 0.235. The van der Waals surface area contributed by atoms with Crippen molar-refractivity contribution in [2.75, 3.05) is 12.3 Å². The van der Waals surface area contributed by atoms with Gasteiger partial charge in [0.05, 0.1) is 11.2 Å². The number of para-hydroxylation sites is 1. The van der Waals surface area contributed by atoms with E-state index in [0.29, 0.717) is 5.95 Å². The van der Waals surface area contributed by atoms with Crippen LogP contribution in [0.15, 0.2) is 42.7 Å². The Morgan fingerprint density at radius 2 is 2.05 bits per heavy atom. The van der Waals surface area contributed by atoms with Crippen LogP contribution < -0.4 is 5.73 Å². The first-order valence-electron chi connectivity index (χ1n) is 7.44. The molecular weight excluding hydrogens is 274 g/mol. The Kier molecular flexibility index (Phi) is 3.20. The molecule has 0 bridgehead atoms. The molecule has 22 heavy (non-hydrogen) atoms. The van der Waals surface area contributed by atoms with Gasteiger partial charge in [-0.05, 0) is 17.7 Å². The van der Waals surface area contributed by atoms with Gasteiger partial charge in [-0.15, -0.1) is 0 Å². The molecule has 5 heteroatoms. The monoisotopic (exact) mass is 291 g/mol. The second kappa shape index (κ2) is 5.35. The van der Waals surface area contributed by atoms with Gasteiger partial charge in [-0.1, -0.05) is 18.2 Å². The zero-order valence-corrected chi connectivity index (χ0v) is 12.2. The summed E-state index contributed by atoms with van der Waals surface area (Å²) >= 11 is 0. The number of aromatic nitrogens is 3. The summed E-state index contributed by atoms with van der Waals surface area (Å²) in [6, 6.07) is 10.4. The standard InChI is InChI=1S/C17H17N5/c18-17-20-9-14-11-22(6-5-16(14)21-17)10-12-7-13-3-1-2-4-15(13)19-8-12/h1-4,7-9H,5-6,10-11H2,(H2,18,20,21). The van der Waals surface area contributed by atoms with Crippen molar-refractivity contribution < 1.29 is 0 Å². The van der Waals surface area contributed by atoms with Crippen molar-refractivity contribution >= 4 is 16.9 Å². The lowest BCUT2D eigenvalue weighted by Crippen LogP contribution is -2.31. The number of rotatable bonds is 2. The Labute approximate surface area is 128 Å². The molecule has 0 aliphatic carbocycles. The van der Waals surface area contributed by atoms with Crippen molar-refractivity contribution in [2.24, 2.45) is 0 Å². The van der Waals surface area contributed by atoms with Gasteiger partial charge >= 0.3 is 0 Å². The summed E-state index contributed by atoms with van der Waals surface area (Å²) in [5, 5.41) is 1.19. The molecule has 5 nitrogen and oxygen atoms in total. The normalized spacial score (nSPS) is 14.9. The maximum absolute atomic E-state index is 5.65. The molecule has 0 unspecified atom stereocenters. The highest BCUT2D eigenvalue weighted by Gasteiger charge is 2.18. The number of benzene rings is 1. The van der Waals surface area contributed by atoms with Crippen LogP contribution in [-0.4, -0.2) is 26.4 Å². The van der Waals surface area contributed by atoms with Gasteiger partial charge in [0.25, 0.3) is 0 Å². The van der Waals surface area contributed by atoms with E-state index in [0.717, 1.165) is 37.3 Å². The topological polar surface area (TPSA) is 67.9 Å². The molecule has 0 atom stereocenters.